The molecule has 0 atom stereocenters. The van der Waals surface area contributed by atoms with Crippen LogP contribution < -0.4 is 15.4 Å². The summed E-state index contributed by atoms with van der Waals surface area (Å²) in [6.07, 6.45) is 0. The Labute approximate surface area is 156 Å². The number of hydrogen-bond acceptors (Lipinski definition) is 6. The number of ether oxygens (including phenoxy) is 3. The van der Waals surface area contributed by atoms with Crippen LogP contribution in [0, 0.1) is 0 Å². The number of nitrogens with one attached hydrogen (secondary N) is 2. The number of hydrogen-bond donors (Lipinski definition) is 2. The quantitative estimate of drug-likeness (QED) is 0.756. The van der Waals surface area contributed by atoms with Crippen LogP contribution in [-0.4, -0.2) is 39.3 Å². The number of esters is 2. The summed E-state index contributed by atoms with van der Waals surface area (Å²) in [5, 5.41) is 5.23. The Bertz CT molecular complexity index is 850. The minimum Gasteiger partial charge on any atom is -0.497 e. The number of carbonyl (C=O) groups is 3. The SMILES string of the molecule is COC(=O)c1ccc(C(=O)OC)c(NC(=O)NCc2cccc(OC)c2)c1. The smallest absolute Gasteiger partial charge is 0.339 e. The first-order valence-electron chi connectivity index (χ1n) is 7.97. The number of rotatable bonds is 6. The fourth-order valence-corrected chi connectivity index (χ4v) is 2.31. The van der Waals surface area contributed by atoms with Crippen molar-refractivity contribution in [2.45, 2.75) is 6.54 Å². The molecule has 27 heavy (non-hydrogen) atoms. The normalized spacial score (nSPS) is 9.89. The molecule has 0 radical (unpaired) electrons. The van der Waals surface area contributed by atoms with E-state index in [1.54, 1.807) is 19.2 Å². The lowest BCUT2D eigenvalue weighted by atomic mass is 10.1. The van der Waals surface area contributed by atoms with Crippen LogP contribution in [0.5, 0.6) is 5.75 Å². The summed E-state index contributed by atoms with van der Waals surface area (Å²) in [4.78, 5) is 35.8. The van der Waals surface area contributed by atoms with Gasteiger partial charge in [0.1, 0.15) is 5.75 Å². The molecule has 0 aliphatic carbocycles. The predicted octanol–water partition coefficient (Wildman–Crippen LogP) is 2.59. The van der Waals surface area contributed by atoms with Crippen LogP contribution in [0.15, 0.2) is 42.5 Å². The van der Waals surface area contributed by atoms with Crippen molar-refractivity contribution < 1.29 is 28.6 Å². The van der Waals surface area contributed by atoms with Crippen LogP contribution in [0.2, 0.25) is 0 Å². The van der Waals surface area contributed by atoms with E-state index in [1.807, 2.05) is 12.1 Å². The minimum absolute atomic E-state index is 0.113. The fourth-order valence-electron chi connectivity index (χ4n) is 2.31. The van der Waals surface area contributed by atoms with Crippen LogP contribution in [-0.2, 0) is 16.0 Å². The summed E-state index contributed by atoms with van der Waals surface area (Å²) in [7, 11) is 4.02. The molecule has 0 aliphatic rings. The zero-order chi connectivity index (χ0) is 19.8. The Kier molecular flexibility index (Phi) is 6.76. The van der Waals surface area contributed by atoms with E-state index in [0.29, 0.717) is 5.75 Å². The Morgan fingerprint density at radius 2 is 1.67 bits per heavy atom. The van der Waals surface area contributed by atoms with E-state index in [2.05, 4.69) is 15.4 Å². The molecule has 0 saturated carbocycles. The molecule has 0 unspecified atom stereocenters. The van der Waals surface area contributed by atoms with Gasteiger partial charge in [-0.3, -0.25) is 0 Å². The van der Waals surface area contributed by atoms with E-state index in [1.165, 1.54) is 32.4 Å². The van der Waals surface area contributed by atoms with Gasteiger partial charge in [0.2, 0.25) is 0 Å². The lowest BCUT2D eigenvalue weighted by Gasteiger charge is -2.12. The second-order valence-electron chi connectivity index (χ2n) is 5.40. The molecule has 0 bridgehead atoms. The van der Waals surface area contributed by atoms with Crippen LogP contribution in [0.25, 0.3) is 0 Å². The Morgan fingerprint density at radius 3 is 2.33 bits per heavy atom. The largest absolute Gasteiger partial charge is 0.497 e. The average molecular weight is 372 g/mol. The summed E-state index contributed by atoms with van der Waals surface area (Å²) >= 11 is 0. The molecule has 2 rings (SSSR count). The van der Waals surface area contributed by atoms with Gasteiger partial charge in [-0.15, -0.1) is 0 Å². The molecule has 0 aliphatic heterocycles. The first-order valence-corrected chi connectivity index (χ1v) is 7.97. The molecule has 2 aromatic carbocycles. The third-order valence-electron chi connectivity index (χ3n) is 3.68. The molecule has 8 nitrogen and oxygen atoms in total. The van der Waals surface area contributed by atoms with Crippen molar-refractivity contribution in [3.63, 3.8) is 0 Å². The fraction of sp³-hybridized carbons (Fsp3) is 0.211. The van der Waals surface area contributed by atoms with Gasteiger partial charge in [-0.2, -0.15) is 0 Å². The van der Waals surface area contributed by atoms with Crippen molar-refractivity contribution in [1.29, 1.82) is 0 Å². The molecule has 0 heterocycles. The molecular weight excluding hydrogens is 352 g/mol. The first kappa shape index (κ1) is 19.8. The molecule has 0 fully saturated rings. The summed E-state index contributed by atoms with van der Waals surface area (Å²) < 4.78 is 14.5. The number of urea groups is 1. The predicted molar refractivity (Wildman–Crippen MR) is 98.0 cm³/mol. The number of anilines is 1. The lowest BCUT2D eigenvalue weighted by molar-refractivity contribution is 0.0587. The Hall–Kier alpha value is -3.55. The minimum atomic E-state index is -0.644. The van der Waals surface area contributed by atoms with E-state index in [-0.39, 0.29) is 23.4 Å². The summed E-state index contributed by atoms with van der Waals surface area (Å²) in [5.74, 6) is -0.561. The first-order chi connectivity index (χ1) is 13.0. The highest BCUT2D eigenvalue weighted by Gasteiger charge is 2.17. The van der Waals surface area contributed by atoms with Crippen LogP contribution in [0.4, 0.5) is 10.5 Å². The van der Waals surface area contributed by atoms with Crippen molar-refractivity contribution >= 4 is 23.7 Å². The monoisotopic (exact) mass is 372 g/mol. The zero-order valence-corrected chi connectivity index (χ0v) is 15.2. The van der Waals surface area contributed by atoms with Gasteiger partial charge in [0, 0.05) is 6.54 Å². The van der Waals surface area contributed by atoms with E-state index in [0.717, 1.165) is 5.56 Å². The topological polar surface area (TPSA) is 103 Å². The molecule has 2 amide bonds. The van der Waals surface area contributed by atoms with Gasteiger partial charge < -0.3 is 24.8 Å². The Morgan fingerprint density at radius 1 is 0.926 bits per heavy atom. The van der Waals surface area contributed by atoms with Crippen LogP contribution in [0.3, 0.4) is 0 Å². The average Bonchev–Trinajstić information content (AvgIpc) is 2.71. The highest BCUT2D eigenvalue weighted by atomic mass is 16.5. The molecule has 2 aromatic rings. The second-order valence-corrected chi connectivity index (χ2v) is 5.40. The van der Waals surface area contributed by atoms with Crippen molar-refractivity contribution in [3.05, 3.63) is 59.2 Å². The highest BCUT2D eigenvalue weighted by molar-refractivity contribution is 6.03. The maximum absolute atomic E-state index is 12.2. The molecule has 0 saturated heterocycles. The molecular formula is C19H20N2O6. The lowest BCUT2D eigenvalue weighted by Crippen LogP contribution is -2.29. The van der Waals surface area contributed by atoms with E-state index >= 15 is 0 Å². The number of carbonyl (C=O) groups excluding carboxylic acids is 3. The third-order valence-corrected chi connectivity index (χ3v) is 3.68. The number of amides is 2. The van der Waals surface area contributed by atoms with Crippen molar-refractivity contribution in [3.8, 4) is 5.75 Å². The van der Waals surface area contributed by atoms with Gasteiger partial charge in [-0.05, 0) is 35.9 Å². The number of benzene rings is 2. The van der Waals surface area contributed by atoms with Gasteiger partial charge in [-0.1, -0.05) is 12.1 Å². The van der Waals surface area contributed by atoms with Crippen LogP contribution >= 0.6 is 0 Å². The second kappa shape index (κ2) is 9.23. The molecule has 0 spiro atoms. The Balaban J connectivity index is 2.14. The number of methoxy groups -OCH3 is 3. The molecule has 142 valence electrons. The molecule has 8 heteroatoms. The van der Waals surface area contributed by atoms with E-state index < -0.39 is 18.0 Å². The van der Waals surface area contributed by atoms with E-state index in [9.17, 15) is 14.4 Å². The molecule has 2 N–H and O–H groups in total. The van der Waals surface area contributed by atoms with Crippen molar-refractivity contribution in [2.24, 2.45) is 0 Å². The maximum atomic E-state index is 12.2. The standard InChI is InChI=1S/C19H20N2O6/c1-25-14-6-4-5-12(9-14)11-20-19(24)21-16-10-13(17(22)26-2)7-8-15(16)18(23)27-3/h4-10H,11H2,1-3H3,(H2,20,21,24). The van der Waals surface area contributed by atoms with Crippen molar-refractivity contribution in [2.75, 3.05) is 26.6 Å². The zero-order valence-electron chi connectivity index (χ0n) is 15.2. The summed E-state index contributed by atoms with van der Waals surface area (Å²) in [6, 6.07) is 10.8. The van der Waals surface area contributed by atoms with Crippen LogP contribution in [0.1, 0.15) is 26.3 Å². The van der Waals surface area contributed by atoms with Gasteiger partial charge in [0.15, 0.2) is 0 Å². The maximum Gasteiger partial charge on any atom is 0.339 e. The summed E-state index contributed by atoms with van der Waals surface area (Å²) in [5.41, 5.74) is 1.27. The van der Waals surface area contributed by atoms with Gasteiger partial charge in [0.25, 0.3) is 0 Å². The van der Waals surface area contributed by atoms with Gasteiger partial charge >= 0.3 is 18.0 Å². The summed E-state index contributed by atoms with van der Waals surface area (Å²) in [6.45, 7) is 0.243. The molecule has 0 aromatic heterocycles. The van der Waals surface area contributed by atoms with Gasteiger partial charge in [0.05, 0.1) is 38.1 Å². The van der Waals surface area contributed by atoms with E-state index in [4.69, 9.17) is 9.47 Å². The van der Waals surface area contributed by atoms with Gasteiger partial charge in [-0.25, -0.2) is 14.4 Å². The van der Waals surface area contributed by atoms with Crippen molar-refractivity contribution in [1.82, 2.24) is 5.32 Å². The highest BCUT2D eigenvalue weighted by Crippen LogP contribution is 2.20. The third kappa shape index (κ3) is 5.21.